The summed E-state index contributed by atoms with van der Waals surface area (Å²) >= 11 is 0. The first kappa shape index (κ1) is 12.4. The van der Waals surface area contributed by atoms with Gasteiger partial charge in [0.1, 0.15) is 6.04 Å². The highest BCUT2D eigenvalue weighted by atomic mass is 16.4. The van der Waals surface area contributed by atoms with E-state index in [4.69, 9.17) is 15.9 Å². The van der Waals surface area contributed by atoms with Gasteiger partial charge in [-0.25, -0.2) is 0 Å². The zero-order chi connectivity index (χ0) is 11.1. The van der Waals surface area contributed by atoms with Gasteiger partial charge in [0.2, 0.25) is 11.8 Å². The summed E-state index contributed by atoms with van der Waals surface area (Å²) in [6.45, 7) is -0.371. The molecule has 0 saturated heterocycles. The Morgan fingerprint density at radius 1 is 1.36 bits per heavy atom. The Balaban J connectivity index is 4.16. The number of aliphatic hydroxyl groups excluding tert-OH is 1. The van der Waals surface area contributed by atoms with Gasteiger partial charge >= 0.3 is 5.97 Å². The second kappa shape index (κ2) is 5.92. The molecule has 0 fully saturated rings. The predicted octanol–water partition coefficient (Wildman–Crippen LogP) is -2.19. The van der Waals surface area contributed by atoms with E-state index in [-0.39, 0.29) is 13.0 Å². The van der Waals surface area contributed by atoms with Crippen molar-refractivity contribution in [2.45, 2.75) is 18.9 Å². The number of nitrogens with one attached hydrogen (secondary N) is 1. The Morgan fingerprint density at radius 3 is 2.29 bits per heavy atom. The summed E-state index contributed by atoms with van der Waals surface area (Å²) in [5.74, 6) is -2.77. The third-order valence-electron chi connectivity index (χ3n) is 1.40. The molecule has 14 heavy (non-hydrogen) atoms. The summed E-state index contributed by atoms with van der Waals surface area (Å²) in [5, 5.41) is 18.8. The maximum absolute atomic E-state index is 10.9. The van der Waals surface area contributed by atoms with Gasteiger partial charge in [-0.3, -0.25) is 14.4 Å². The molecule has 0 bridgehead atoms. The van der Waals surface area contributed by atoms with Gasteiger partial charge in [-0.1, -0.05) is 0 Å². The highest BCUT2D eigenvalue weighted by Crippen LogP contribution is 1.92. The number of carbonyl (C=O) groups is 3. The van der Waals surface area contributed by atoms with Gasteiger partial charge in [0, 0.05) is 6.42 Å². The van der Waals surface area contributed by atoms with Crippen molar-refractivity contribution in [3.63, 3.8) is 0 Å². The lowest BCUT2D eigenvalue weighted by Crippen LogP contribution is -2.45. The van der Waals surface area contributed by atoms with Crippen LogP contribution in [0.1, 0.15) is 12.8 Å². The highest BCUT2D eigenvalue weighted by Gasteiger charge is 2.20. The van der Waals surface area contributed by atoms with Crippen LogP contribution in [0.4, 0.5) is 0 Å². The van der Waals surface area contributed by atoms with E-state index in [1.54, 1.807) is 0 Å². The van der Waals surface area contributed by atoms with Crippen LogP contribution >= 0.6 is 0 Å². The number of nitrogens with two attached hydrogens (primary N) is 1. The third-order valence-corrected chi connectivity index (χ3v) is 1.40. The zero-order valence-electron chi connectivity index (χ0n) is 7.40. The molecular formula is C7H12N2O5. The summed E-state index contributed by atoms with van der Waals surface area (Å²) in [6, 6.07) is -1.23. The first-order valence-electron chi connectivity index (χ1n) is 3.88. The first-order valence-corrected chi connectivity index (χ1v) is 3.88. The molecule has 0 saturated carbocycles. The van der Waals surface area contributed by atoms with E-state index in [1.165, 1.54) is 0 Å². The average Bonchev–Trinajstić information content (AvgIpc) is 2.02. The Labute approximate surface area is 79.9 Å². The maximum atomic E-state index is 10.9. The lowest BCUT2D eigenvalue weighted by molar-refractivity contribution is -0.140. The fourth-order valence-corrected chi connectivity index (χ4v) is 0.765. The molecule has 1 atom stereocenters. The van der Waals surface area contributed by atoms with Crippen molar-refractivity contribution in [1.29, 1.82) is 0 Å². The van der Waals surface area contributed by atoms with Gasteiger partial charge in [0.25, 0.3) is 0 Å². The molecule has 0 rings (SSSR count). The minimum atomic E-state index is -1.24. The highest BCUT2D eigenvalue weighted by molar-refractivity contribution is 5.89. The van der Waals surface area contributed by atoms with Crippen LogP contribution in [0.25, 0.3) is 0 Å². The molecule has 0 heterocycles. The van der Waals surface area contributed by atoms with Crippen molar-refractivity contribution in [2.24, 2.45) is 5.73 Å². The van der Waals surface area contributed by atoms with Crippen molar-refractivity contribution < 1.29 is 24.6 Å². The number of carboxylic acids is 1. The van der Waals surface area contributed by atoms with E-state index >= 15 is 0 Å². The molecule has 7 heteroatoms. The van der Waals surface area contributed by atoms with Gasteiger partial charge in [0.15, 0.2) is 0 Å². The molecule has 0 aromatic carbocycles. The van der Waals surface area contributed by atoms with Crippen molar-refractivity contribution in [3.05, 3.63) is 0 Å². The van der Waals surface area contributed by atoms with Crippen LogP contribution in [-0.4, -0.2) is 40.6 Å². The van der Waals surface area contributed by atoms with E-state index in [1.807, 2.05) is 0 Å². The van der Waals surface area contributed by atoms with Crippen LogP contribution < -0.4 is 11.1 Å². The minimum Gasteiger partial charge on any atom is -0.481 e. The lowest BCUT2D eigenvalue weighted by atomic mass is 10.2. The molecule has 0 spiro atoms. The average molecular weight is 204 g/mol. The number of hydrogen-bond acceptors (Lipinski definition) is 4. The van der Waals surface area contributed by atoms with E-state index in [2.05, 4.69) is 5.32 Å². The molecule has 0 unspecified atom stereocenters. The number of primary amides is 1. The summed E-state index contributed by atoms with van der Waals surface area (Å²) in [5.41, 5.74) is 4.85. The van der Waals surface area contributed by atoms with Gasteiger partial charge in [-0.15, -0.1) is 0 Å². The minimum absolute atomic E-state index is 0.191. The zero-order valence-corrected chi connectivity index (χ0v) is 7.40. The molecule has 0 aromatic rings. The van der Waals surface area contributed by atoms with Crippen LogP contribution in [0.2, 0.25) is 0 Å². The largest absolute Gasteiger partial charge is 0.481 e. The number of rotatable bonds is 6. The molecule has 2 amide bonds. The summed E-state index contributed by atoms with van der Waals surface area (Å²) in [4.78, 5) is 31.8. The van der Waals surface area contributed by atoms with Crippen LogP contribution in [0.15, 0.2) is 0 Å². The van der Waals surface area contributed by atoms with Crippen molar-refractivity contribution in [2.75, 3.05) is 6.61 Å². The monoisotopic (exact) mass is 204 g/mol. The van der Waals surface area contributed by atoms with E-state index in [9.17, 15) is 14.4 Å². The van der Waals surface area contributed by atoms with Crippen LogP contribution in [0.3, 0.4) is 0 Å². The topological polar surface area (TPSA) is 130 Å². The molecular weight excluding hydrogens is 192 g/mol. The molecule has 0 aliphatic rings. The summed E-state index contributed by atoms with van der Waals surface area (Å²) < 4.78 is 0. The predicted molar refractivity (Wildman–Crippen MR) is 45.1 cm³/mol. The number of amides is 2. The Morgan fingerprint density at radius 2 is 1.93 bits per heavy atom. The molecule has 0 aliphatic heterocycles. The van der Waals surface area contributed by atoms with Gasteiger partial charge in [-0.05, 0) is 0 Å². The fraction of sp³-hybridized carbons (Fsp3) is 0.571. The second-order valence-electron chi connectivity index (χ2n) is 2.59. The number of aliphatic hydroxyl groups is 1. The molecule has 0 radical (unpaired) electrons. The number of carboxylic acid groups (broad SMARTS) is 1. The molecule has 80 valence electrons. The third kappa shape index (κ3) is 5.09. The normalized spacial score (nSPS) is 11.8. The lowest BCUT2D eigenvalue weighted by Gasteiger charge is -2.12. The molecule has 0 aromatic heterocycles. The fourth-order valence-electron chi connectivity index (χ4n) is 0.765. The smallest absolute Gasteiger partial charge is 0.305 e. The van der Waals surface area contributed by atoms with Crippen molar-refractivity contribution in [3.8, 4) is 0 Å². The summed E-state index contributed by atoms with van der Waals surface area (Å²) in [6.07, 6.45) is -0.754. The SMILES string of the molecule is NC(=O)[C@H](CC(=O)O)NC(=O)CCO. The Hall–Kier alpha value is -1.63. The van der Waals surface area contributed by atoms with Crippen LogP contribution in [0.5, 0.6) is 0 Å². The number of carbonyl (C=O) groups excluding carboxylic acids is 2. The van der Waals surface area contributed by atoms with Gasteiger partial charge in [-0.2, -0.15) is 0 Å². The molecule has 7 nitrogen and oxygen atoms in total. The quantitative estimate of drug-likeness (QED) is 0.390. The van der Waals surface area contributed by atoms with Crippen LogP contribution in [-0.2, 0) is 14.4 Å². The van der Waals surface area contributed by atoms with Gasteiger partial charge < -0.3 is 21.3 Å². The Bertz CT molecular complexity index is 240. The number of hydrogen-bond donors (Lipinski definition) is 4. The molecule has 5 N–H and O–H groups in total. The number of aliphatic carboxylic acids is 1. The Kier molecular flexibility index (Phi) is 5.23. The van der Waals surface area contributed by atoms with E-state index < -0.39 is 30.2 Å². The van der Waals surface area contributed by atoms with E-state index in [0.29, 0.717) is 0 Å². The molecule has 0 aliphatic carbocycles. The van der Waals surface area contributed by atoms with Crippen molar-refractivity contribution >= 4 is 17.8 Å². The first-order chi connectivity index (χ1) is 6.47. The second-order valence-corrected chi connectivity index (χ2v) is 2.59. The summed E-state index contributed by atoms with van der Waals surface area (Å²) in [7, 11) is 0. The maximum Gasteiger partial charge on any atom is 0.305 e. The standard InChI is InChI=1S/C7H12N2O5/c8-7(14)4(3-6(12)13)9-5(11)1-2-10/h4,10H,1-3H2,(H2,8,14)(H,9,11)(H,12,13)/t4-/m0/s1. The van der Waals surface area contributed by atoms with Crippen LogP contribution in [0, 0.1) is 0 Å². The van der Waals surface area contributed by atoms with E-state index in [0.717, 1.165) is 0 Å². The van der Waals surface area contributed by atoms with Gasteiger partial charge in [0.05, 0.1) is 13.0 Å². The van der Waals surface area contributed by atoms with Crippen molar-refractivity contribution in [1.82, 2.24) is 5.32 Å².